The van der Waals surface area contributed by atoms with Crippen molar-refractivity contribution in [2.45, 2.75) is 20.0 Å². The van der Waals surface area contributed by atoms with Gasteiger partial charge in [-0.05, 0) is 68.5 Å². The predicted molar refractivity (Wildman–Crippen MR) is 130 cm³/mol. The van der Waals surface area contributed by atoms with Gasteiger partial charge < -0.3 is 19.5 Å². The van der Waals surface area contributed by atoms with Crippen LogP contribution in [0.5, 0.6) is 17.2 Å². The molecule has 0 saturated heterocycles. The van der Waals surface area contributed by atoms with Crippen LogP contribution in [0.15, 0.2) is 78.9 Å². The van der Waals surface area contributed by atoms with Gasteiger partial charge in [0.25, 0.3) is 5.91 Å². The molecule has 0 heterocycles. The molecule has 166 valence electrons. The van der Waals surface area contributed by atoms with E-state index < -0.39 is 0 Å². The number of carbonyl (C=O) groups is 1. The summed E-state index contributed by atoms with van der Waals surface area (Å²) in [4.78, 5) is 12.6. The van der Waals surface area contributed by atoms with Gasteiger partial charge in [-0.1, -0.05) is 30.3 Å². The molecule has 6 nitrogen and oxygen atoms in total. The summed E-state index contributed by atoms with van der Waals surface area (Å²) in [6.07, 6.45) is 0.0660. The summed E-state index contributed by atoms with van der Waals surface area (Å²) in [6.45, 7) is 4.67. The maximum Gasteiger partial charge on any atom is 0.257 e. The number of hydrogen-bond donors (Lipinski definition) is 2. The Morgan fingerprint density at radius 1 is 0.844 bits per heavy atom. The fraction of sp³-hybridized carbons (Fsp3) is 0.200. The van der Waals surface area contributed by atoms with Gasteiger partial charge in [0.15, 0.2) is 5.11 Å². The molecule has 0 aliphatic heterocycles. The number of rotatable bonds is 9. The highest BCUT2D eigenvalue weighted by Gasteiger charge is 2.10. The molecule has 0 bridgehead atoms. The number of ether oxygens (including phenoxy) is 3. The highest BCUT2D eigenvalue weighted by Crippen LogP contribution is 2.19. The molecule has 7 heteroatoms. The smallest absolute Gasteiger partial charge is 0.257 e. The Kier molecular flexibility index (Phi) is 8.45. The molecule has 0 fully saturated rings. The third-order valence-electron chi connectivity index (χ3n) is 4.15. The first-order valence-corrected chi connectivity index (χ1v) is 10.7. The summed E-state index contributed by atoms with van der Waals surface area (Å²) in [5.74, 6) is 1.75. The topological polar surface area (TPSA) is 68.8 Å². The van der Waals surface area contributed by atoms with E-state index in [1.165, 1.54) is 0 Å². The van der Waals surface area contributed by atoms with Crippen molar-refractivity contribution in [3.05, 3.63) is 84.4 Å². The molecule has 0 atom stereocenters. The van der Waals surface area contributed by atoms with Crippen molar-refractivity contribution in [3.63, 3.8) is 0 Å². The maximum atomic E-state index is 12.6. The van der Waals surface area contributed by atoms with E-state index >= 15 is 0 Å². The second-order valence-electron chi connectivity index (χ2n) is 7.14. The number of thiocarbonyl (C=S) groups is 1. The first kappa shape index (κ1) is 23.1. The Morgan fingerprint density at radius 2 is 1.50 bits per heavy atom. The summed E-state index contributed by atoms with van der Waals surface area (Å²) in [7, 11) is 0. The van der Waals surface area contributed by atoms with Gasteiger partial charge in [0.05, 0.1) is 6.10 Å². The lowest BCUT2D eigenvalue weighted by Crippen LogP contribution is -2.34. The SMILES string of the molecule is CC(C)Oc1cccc(NC(=S)NC(=O)c2cccc(OCCOc3ccccc3)c2)c1. The van der Waals surface area contributed by atoms with Gasteiger partial charge in [-0.3, -0.25) is 10.1 Å². The third-order valence-corrected chi connectivity index (χ3v) is 4.36. The van der Waals surface area contributed by atoms with E-state index in [1.54, 1.807) is 24.3 Å². The van der Waals surface area contributed by atoms with Gasteiger partial charge in [-0.15, -0.1) is 0 Å². The van der Waals surface area contributed by atoms with Gasteiger partial charge in [-0.2, -0.15) is 0 Å². The first-order valence-electron chi connectivity index (χ1n) is 10.3. The zero-order chi connectivity index (χ0) is 22.8. The van der Waals surface area contributed by atoms with E-state index in [0.717, 1.165) is 17.2 Å². The molecular formula is C25H26N2O4S. The number of para-hydroxylation sites is 1. The summed E-state index contributed by atoms with van der Waals surface area (Å²) in [5, 5.41) is 5.88. The second-order valence-corrected chi connectivity index (χ2v) is 7.55. The summed E-state index contributed by atoms with van der Waals surface area (Å²) >= 11 is 5.28. The Hall–Kier alpha value is -3.58. The van der Waals surface area contributed by atoms with Crippen LogP contribution in [0.2, 0.25) is 0 Å². The summed E-state index contributed by atoms with van der Waals surface area (Å²) < 4.78 is 17.0. The largest absolute Gasteiger partial charge is 0.491 e. The van der Waals surface area contributed by atoms with Crippen molar-refractivity contribution in [2.24, 2.45) is 0 Å². The standard InChI is InChI=1S/C25H26N2O4S/c1-18(2)31-23-13-7-9-20(17-23)26-25(32)27-24(28)19-8-6-12-22(16-19)30-15-14-29-21-10-4-3-5-11-21/h3-13,16-18H,14-15H2,1-2H3,(H2,26,27,28,32). The molecule has 32 heavy (non-hydrogen) atoms. The minimum absolute atomic E-state index is 0.0660. The van der Waals surface area contributed by atoms with Gasteiger partial charge in [0.2, 0.25) is 0 Å². The molecule has 0 aliphatic carbocycles. The molecule has 3 rings (SSSR count). The van der Waals surface area contributed by atoms with Crippen molar-refractivity contribution >= 4 is 28.9 Å². The molecule has 0 spiro atoms. The van der Waals surface area contributed by atoms with E-state index in [1.807, 2.05) is 68.4 Å². The monoisotopic (exact) mass is 450 g/mol. The second kappa shape index (κ2) is 11.7. The average molecular weight is 451 g/mol. The minimum Gasteiger partial charge on any atom is -0.491 e. The number of hydrogen-bond acceptors (Lipinski definition) is 5. The van der Waals surface area contributed by atoms with Crippen LogP contribution in [0.3, 0.4) is 0 Å². The Morgan fingerprint density at radius 3 is 2.25 bits per heavy atom. The molecule has 2 N–H and O–H groups in total. The zero-order valence-electron chi connectivity index (χ0n) is 18.0. The van der Waals surface area contributed by atoms with Crippen molar-refractivity contribution in [1.29, 1.82) is 0 Å². The van der Waals surface area contributed by atoms with Crippen LogP contribution in [0.4, 0.5) is 5.69 Å². The van der Waals surface area contributed by atoms with Crippen molar-refractivity contribution in [2.75, 3.05) is 18.5 Å². The zero-order valence-corrected chi connectivity index (χ0v) is 18.9. The van der Waals surface area contributed by atoms with Crippen LogP contribution in [-0.4, -0.2) is 30.3 Å². The van der Waals surface area contributed by atoms with Gasteiger partial charge in [0, 0.05) is 17.3 Å². The lowest BCUT2D eigenvalue weighted by molar-refractivity contribution is 0.0977. The Labute approximate surface area is 193 Å². The summed E-state index contributed by atoms with van der Waals surface area (Å²) in [5.41, 5.74) is 1.16. The quantitative estimate of drug-likeness (QED) is 0.351. The molecule has 0 radical (unpaired) electrons. The number of anilines is 1. The fourth-order valence-corrected chi connectivity index (χ4v) is 3.03. The number of benzene rings is 3. The highest BCUT2D eigenvalue weighted by atomic mass is 32.1. The number of carbonyl (C=O) groups excluding carboxylic acids is 1. The first-order chi connectivity index (χ1) is 15.5. The molecule has 0 unspecified atom stereocenters. The Bertz CT molecular complexity index is 1040. The van der Waals surface area contributed by atoms with Crippen LogP contribution in [0.1, 0.15) is 24.2 Å². The van der Waals surface area contributed by atoms with E-state index in [-0.39, 0.29) is 17.1 Å². The number of amides is 1. The van der Waals surface area contributed by atoms with Crippen molar-refractivity contribution in [1.82, 2.24) is 5.32 Å². The van der Waals surface area contributed by atoms with Gasteiger partial charge in [0.1, 0.15) is 30.5 Å². The summed E-state index contributed by atoms with van der Waals surface area (Å²) in [6, 6.07) is 23.8. The van der Waals surface area contributed by atoms with Crippen LogP contribution in [-0.2, 0) is 0 Å². The minimum atomic E-state index is -0.330. The fourth-order valence-electron chi connectivity index (χ4n) is 2.82. The Balaban J connectivity index is 1.49. The molecule has 3 aromatic carbocycles. The molecule has 3 aromatic rings. The third kappa shape index (κ3) is 7.59. The maximum absolute atomic E-state index is 12.6. The van der Waals surface area contributed by atoms with Crippen molar-refractivity contribution in [3.8, 4) is 17.2 Å². The molecule has 0 aliphatic rings. The molecular weight excluding hydrogens is 424 g/mol. The van der Waals surface area contributed by atoms with Gasteiger partial charge in [-0.25, -0.2) is 0 Å². The van der Waals surface area contributed by atoms with Gasteiger partial charge >= 0.3 is 0 Å². The highest BCUT2D eigenvalue weighted by molar-refractivity contribution is 7.80. The lowest BCUT2D eigenvalue weighted by Gasteiger charge is -2.13. The van der Waals surface area contributed by atoms with E-state index in [2.05, 4.69) is 10.6 Å². The van der Waals surface area contributed by atoms with Crippen LogP contribution in [0, 0.1) is 0 Å². The van der Waals surface area contributed by atoms with Crippen LogP contribution < -0.4 is 24.8 Å². The van der Waals surface area contributed by atoms with E-state index in [4.69, 9.17) is 26.4 Å². The van der Waals surface area contributed by atoms with E-state index in [9.17, 15) is 4.79 Å². The number of nitrogens with one attached hydrogen (secondary N) is 2. The molecule has 0 saturated carbocycles. The molecule has 0 aromatic heterocycles. The normalized spacial score (nSPS) is 10.3. The molecule has 1 amide bonds. The van der Waals surface area contributed by atoms with E-state index in [0.29, 0.717) is 24.5 Å². The van der Waals surface area contributed by atoms with Crippen molar-refractivity contribution < 1.29 is 19.0 Å². The van der Waals surface area contributed by atoms with Crippen LogP contribution in [0.25, 0.3) is 0 Å². The average Bonchev–Trinajstić information content (AvgIpc) is 2.77. The lowest BCUT2D eigenvalue weighted by atomic mass is 10.2. The van der Waals surface area contributed by atoms with Crippen LogP contribution >= 0.6 is 12.2 Å². The predicted octanol–water partition coefficient (Wildman–Crippen LogP) is 5.06.